The highest BCUT2D eigenvalue weighted by Crippen LogP contribution is 2.64. The van der Waals surface area contributed by atoms with E-state index in [1.807, 2.05) is 6.07 Å². The summed E-state index contributed by atoms with van der Waals surface area (Å²) >= 11 is 0. The van der Waals surface area contributed by atoms with Crippen molar-refractivity contribution >= 4 is 17.1 Å². The SMILES string of the molecule is CC1(c2ccccc2)c2ccccc2N(c2ccc3c(c2)C2(c4ccccc4-c4ccccc42)c2cc(F)ccc2-3)c2ccccc21. The Morgan fingerprint density at radius 3 is 1.51 bits per heavy atom. The molecule has 1 nitrogen and oxygen atoms in total. The lowest BCUT2D eigenvalue weighted by molar-refractivity contribution is 0.622. The molecule has 10 rings (SSSR count). The van der Waals surface area contributed by atoms with Crippen LogP contribution in [0.3, 0.4) is 0 Å². The number of anilines is 3. The molecule has 0 unspecified atom stereocenters. The van der Waals surface area contributed by atoms with Crippen molar-refractivity contribution in [2.75, 3.05) is 4.90 Å². The summed E-state index contributed by atoms with van der Waals surface area (Å²) in [4.78, 5) is 2.43. The van der Waals surface area contributed by atoms with Crippen LogP contribution in [-0.2, 0) is 10.8 Å². The van der Waals surface area contributed by atoms with Gasteiger partial charge in [0.25, 0.3) is 0 Å². The van der Waals surface area contributed by atoms with Crippen LogP contribution >= 0.6 is 0 Å². The molecular weight excluding hydrogens is 574 g/mol. The summed E-state index contributed by atoms with van der Waals surface area (Å²) in [5.74, 6) is -0.211. The largest absolute Gasteiger partial charge is 0.310 e. The predicted octanol–water partition coefficient (Wildman–Crippen LogP) is 11.3. The second kappa shape index (κ2) is 9.40. The number of hydrogen-bond donors (Lipinski definition) is 0. The van der Waals surface area contributed by atoms with Gasteiger partial charge in [0.2, 0.25) is 0 Å². The minimum Gasteiger partial charge on any atom is -0.310 e. The average Bonchev–Trinajstić information content (AvgIpc) is 3.59. The van der Waals surface area contributed by atoms with E-state index >= 15 is 4.39 Å². The zero-order valence-electron chi connectivity index (χ0n) is 25.9. The van der Waals surface area contributed by atoms with Gasteiger partial charge in [-0.2, -0.15) is 0 Å². The van der Waals surface area contributed by atoms with Crippen molar-refractivity contribution in [3.05, 3.63) is 209 Å². The summed E-state index contributed by atoms with van der Waals surface area (Å²) < 4.78 is 15.3. The van der Waals surface area contributed by atoms with E-state index in [-0.39, 0.29) is 11.2 Å². The summed E-state index contributed by atoms with van der Waals surface area (Å²) in [7, 11) is 0. The number of fused-ring (bicyclic) bond motifs is 12. The average molecular weight is 604 g/mol. The topological polar surface area (TPSA) is 3.24 Å². The van der Waals surface area contributed by atoms with Crippen LogP contribution < -0.4 is 4.90 Å². The van der Waals surface area contributed by atoms with E-state index in [0.29, 0.717) is 0 Å². The molecule has 47 heavy (non-hydrogen) atoms. The third kappa shape index (κ3) is 3.27. The number of rotatable bonds is 2. The Labute approximate surface area is 274 Å². The highest BCUT2D eigenvalue weighted by Gasteiger charge is 2.52. The second-order valence-corrected chi connectivity index (χ2v) is 13.1. The van der Waals surface area contributed by atoms with Gasteiger partial charge in [0.05, 0.1) is 16.8 Å². The minimum absolute atomic E-state index is 0.211. The molecule has 1 aliphatic heterocycles. The maximum atomic E-state index is 15.3. The molecule has 1 heterocycles. The van der Waals surface area contributed by atoms with Gasteiger partial charge in [-0.3, -0.25) is 0 Å². The van der Waals surface area contributed by atoms with Crippen LogP contribution in [0.4, 0.5) is 21.5 Å². The summed E-state index contributed by atoms with van der Waals surface area (Å²) in [6.07, 6.45) is 0. The van der Waals surface area contributed by atoms with Crippen molar-refractivity contribution in [3.63, 3.8) is 0 Å². The van der Waals surface area contributed by atoms with E-state index in [4.69, 9.17) is 0 Å². The Kier molecular flexibility index (Phi) is 5.30. The quantitative estimate of drug-likeness (QED) is 0.190. The first-order valence-corrected chi connectivity index (χ1v) is 16.3. The first-order chi connectivity index (χ1) is 23.1. The predicted molar refractivity (Wildman–Crippen MR) is 189 cm³/mol. The van der Waals surface area contributed by atoms with Gasteiger partial charge in [-0.1, -0.05) is 127 Å². The molecule has 0 saturated heterocycles. The summed E-state index contributed by atoms with van der Waals surface area (Å²) in [6, 6.07) is 58.1. The van der Waals surface area contributed by atoms with Crippen molar-refractivity contribution in [2.24, 2.45) is 0 Å². The van der Waals surface area contributed by atoms with E-state index < -0.39 is 5.41 Å². The van der Waals surface area contributed by atoms with Gasteiger partial charge in [-0.05, 0) is 105 Å². The molecule has 1 spiro atoms. The van der Waals surface area contributed by atoms with Crippen LogP contribution in [0, 0.1) is 5.82 Å². The van der Waals surface area contributed by atoms with Gasteiger partial charge in [0.1, 0.15) is 5.82 Å². The smallest absolute Gasteiger partial charge is 0.123 e. The van der Waals surface area contributed by atoms with Gasteiger partial charge >= 0.3 is 0 Å². The maximum Gasteiger partial charge on any atom is 0.123 e. The fourth-order valence-corrected chi connectivity index (χ4v) is 9.06. The Balaban J connectivity index is 1.27. The molecule has 0 bridgehead atoms. The van der Waals surface area contributed by atoms with Gasteiger partial charge in [0.15, 0.2) is 0 Å². The van der Waals surface area contributed by atoms with Crippen molar-refractivity contribution in [3.8, 4) is 22.3 Å². The Hall–Kier alpha value is -5.73. The molecule has 0 amide bonds. The molecule has 7 aromatic carbocycles. The number of hydrogen-bond acceptors (Lipinski definition) is 1. The van der Waals surface area contributed by atoms with Crippen molar-refractivity contribution in [1.29, 1.82) is 0 Å². The van der Waals surface area contributed by atoms with Crippen molar-refractivity contribution in [2.45, 2.75) is 17.8 Å². The Morgan fingerprint density at radius 1 is 0.426 bits per heavy atom. The lowest BCUT2D eigenvalue weighted by Gasteiger charge is -2.44. The molecule has 0 atom stereocenters. The van der Waals surface area contributed by atoms with Crippen LogP contribution in [-0.4, -0.2) is 0 Å². The lowest BCUT2D eigenvalue weighted by atomic mass is 9.67. The first kappa shape index (κ1) is 26.5. The highest BCUT2D eigenvalue weighted by molar-refractivity contribution is 5.97. The van der Waals surface area contributed by atoms with Crippen LogP contribution in [0.2, 0.25) is 0 Å². The normalized spacial score (nSPS) is 15.3. The first-order valence-electron chi connectivity index (χ1n) is 16.3. The summed E-state index contributed by atoms with van der Waals surface area (Å²) in [5, 5.41) is 0. The fourth-order valence-electron chi connectivity index (χ4n) is 9.06. The molecule has 0 fully saturated rings. The van der Waals surface area contributed by atoms with Crippen LogP contribution in [0.5, 0.6) is 0 Å². The molecule has 0 aromatic heterocycles. The van der Waals surface area contributed by atoms with Crippen LogP contribution in [0.1, 0.15) is 45.9 Å². The zero-order chi connectivity index (χ0) is 31.3. The molecule has 2 aliphatic carbocycles. The van der Waals surface area contributed by atoms with Crippen LogP contribution in [0.25, 0.3) is 22.3 Å². The number of benzene rings is 7. The molecule has 2 heteroatoms. The lowest BCUT2D eigenvalue weighted by Crippen LogP contribution is -2.34. The van der Waals surface area contributed by atoms with Crippen molar-refractivity contribution < 1.29 is 4.39 Å². The monoisotopic (exact) mass is 603 g/mol. The fraction of sp³-hybridized carbons (Fsp3) is 0.0667. The highest BCUT2D eigenvalue weighted by atomic mass is 19.1. The van der Waals surface area contributed by atoms with E-state index in [1.54, 1.807) is 12.1 Å². The number of para-hydroxylation sites is 2. The molecule has 7 aromatic rings. The van der Waals surface area contributed by atoms with Gasteiger partial charge < -0.3 is 4.90 Å². The minimum atomic E-state index is -0.622. The standard InChI is InChI=1S/C45H30FN/c1-44(29-13-3-2-4-14-29)38-19-9-11-21-42(38)47(43-22-12-10-20-39(43)44)31-24-26-35-34-25-23-30(46)27-40(34)45(41(35)28-31)36-17-7-5-15-32(36)33-16-6-8-18-37(33)45/h2-28H,1H3. The third-order valence-corrected chi connectivity index (χ3v) is 11.0. The maximum absolute atomic E-state index is 15.3. The summed E-state index contributed by atoms with van der Waals surface area (Å²) in [6.45, 7) is 2.35. The zero-order valence-corrected chi connectivity index (χ0v) is 25.9. The Bertz CT molecular complexity index is 2310. The summed E-state index contributed by atoms with van der Waals surface area (Å²) in [5.41, 5.74) is 15.6. The second-order valence-electron chi connectivity index (χ2n) is 13.1. The van der Waals surface area contributed by atoms with E-state index in [0.717, 1.165) is 22.4 Å². The molecule has 3 aliphatic rings. The third-order valence-electron chi connectivity index (χ3n) is 11.0. The van der Waals surface area contributed by atoms with E-state index in [9.17, 15) is 0 Å². The van der Waals surface area contributed by atoms with E-state index in [1.165, 1.54) is 55.9 Å². The van der Waals surface area contributed by atoms with Crippen molar-refractivity contribution in [1.82, 2.24) is 0 Å². The van der Waals surface area contributed by atoms with E-state index in [2.05, 4.69) is 157 Å². The van der Waals surface area contributed by atoms with Gasteiger partial charge in [-0.25, -0.2) is 4.39 Å². The molecule has 0 N–H and O–H groups in total. The molecule has 222 valence electrons. The Morgan fingerprint density at radius 2 is 0.894 bits per heavy atom. The van der Waals surface area contributed by atoms with Gasteiger partial charge in [0, 0.05) is 11.1 Å². The molecular formula is C45H30FN. The number of nitrogens with zero attached hydrogens (tertiary/aromatic N) is 1. The van der Waals surface area contributed by atoms with Crippen LogP contribution in [0.15, 0.2) is 164 Å². The van der Waals surface area contributed by atoms with Gasteiger partial charge in [-0.15, -0.1) is 0 Å². The molecule has 0 saturated carbocycles. The number of halogens is 1. The molecule has 0 radical (unpaired) electrons.